The zero-order valence-electron chi connectivity index (χ0n) is 71.0. The summed E-state index contributed by atoms with van der Waals surface area (Å²) in [6.45, 7) is 28.4. The molecule has 0 bridgehead atoms. The van der Waals surface area contributed by atoms with Gasteiger partial charge in [-0.3, -0.25) is 51.9 Å². The largest absolute Gasteiger partial charge is 0.489 e. The third kappa shape index (κ3) is 17.0. The van der Waals surface area contributed by atoms with E-state index >= 15 is 4.79 Å². The van der Waals surface area contributed by atoms with Gasteiger partial charge in [0.05, 0.1) is 47.7 Å². The highest BCUT2D eigenvalue weighted by atomic mass is 31.2. The molecule has 0 radical (unpaired) electrons. The summed E-state index contributed by atoms with van der Waals surface area (Å²) in [6.07, 6.45) is 10.9. The van der Waals surface area contributed by atoms with Crippen molar-refractivity contribution in [3.63, 3.8) is 0 Å². The van der Waals surface area contributed by atoms with Gasteiger partial charge in [-0.05, 0) is 201 Å². The normalized spacial score (nSPS) is 32.9. The fraction of sp³-hybridized carbons (Fsp3) is 0.574. The quantitative estimate of drug-likeness (QED) is 0.0365. The highest BCUT2D eigenvalue weighted by Gasteiger charge is 2.78. The zero-order valence-corrected chi connectivity index (χ0v) is 71.9. The van der Waals surface area contributed by atoms with E-state index in [1.807, 2.05) is 123 Å². The number of rotatable bonds is 26. The third-order valence-corrected chi connectivity index (χ3v) is 29.2. The molecule has 8 aliphatic carbocycles. The van der Waals surface area contributed by atoms with Gasteiger partial charge in [-0.2, -0.15) is 0 Å². The first kappa shape index (κ1) is 88.0. The Bertz CT molecular complexity index is 4680. The van der Waals surface area contributed by atoms with Crippen molar-refractivity contribution < 1.29 is 100 Å². The van der Waals surface area contributed by atoms with Gasteiger partial charge < -0.3 is 54.4 Å². The second-order valence-corrected chi connectivity index (χ2v) is 39.6. The van der Waals surface area contributed by atoms with Crippen LogP contribution < -0.4 is 20.1 Å². The topological polar surface area (TPSA) is 321 Å². The SMILES string of the molecule is CC(C)C(=O)N[C@@H](C)C(=O)Cc1cccc(OCc2ccc([C@@H]3O[C@@H]4C[C@H]5[C@@H]6CCC7=CC(=O)C=C[C@]7(C)[C@H]6[C@@H](O)C[C@]5(C)[C@]4(C(=O)CO)O3)cc2)c1.CC(C)C(=O)N[C@@H](C)C(=O)Cc1cccc(OCc2ccc([C@@H]3O[C@@H]4C[C@H]5[C@@H]6CCC7=CC(=O)C=C[C@]7(C)[C@H]6[C@@H](O)C[C@]5(C)[C@]4(C(=O)COP(=O)(OC(C)(C)C)OC(C)(C)C)O3)cc2)c1. The Labute approximate surface area is 693 Å². The van der Waals surface area contributed by atoms with E-state index in [2.05, 4.69) is 24.5 Å². The lowest BCUT2D eigenvalue weighted by atomic mass is 9.46. The van der Waals surface area contributed by atoms with Crippen LogP contribution in [-0.2, 0) is 101 Å². The van der Waals surface area contributed by atoms with Gasteiger partial charge in [-0.1, -0.05) is 151 Å². The summed E-state index contributed by atoms with van der Waals surface area (Å²) in [5, 5.41) is 40.0. The number of fused-ring (bicyclic) bond motifs is 14. The van der Waals surface area contributed by atoms with Crippen LogP contribution in [0, 0.1) is 69.0 Å². The molecule has 6 saturated carbocycles. The summed E-state index contributed by atoms with van der Waals surface area (Å²) in [7, 11) is -4.30. The number of phosphoric ester groups is 1. The highest BCUT2D eigenvalue weighted by molar-refractivity contribution is 7.48. The minimum atomic E-state index is -4.30. The van der Waals surface area contributed by atoms with Crippen LogP contribution in [0.3, 0.4) is 0 Å². The summed E-state index contributed by atoms with van der Waals surface area (Å²) >= 11 is 0. The van der Waals surface area contributed by atoms with Gasteiger partial charge in [0.2, 0.25) is 11.8 Å². The Morgan fingerprint density at radius 2 is 0.941 bits per heavy atom. The predicted octanol–water partition coefficient (Wildman–Crippen LogP) is 14.0. The summed E-state index contributed by atoms with van der Waals surface area (Å²) in [5.74, 6) is -0.953. The molecular formula is C94H119N2O21P. The maximum atomic E-state index is 15.2. The van der Waals surface area contributed by atoms with Gasteiger partial charge >= 0.3 is 7.82 Å². The number of phosphoric acid groups is 1. The summed E-state index contributed by atoms with van der Waals surface area (Å²) < 4.78 is 71.3. The Morgan fingerprint density at radius 1 is 0.551 bits per heavy atom. The molecule has 0 unspecified atom stereocenters. The van der Waals surface area contributed by atoms with Crippen molar-refractivity contribution in [2.75, 3.05) is 13.2 Å². The Balaban J connectivity index is 0.000000209. The maximum absolute atomic E-state index is 15.2. The van der Waals surface area contributed by atoms with E-state index in [-0.39, 0.29) is 115 Å². The number of carbonyl (C=O) groups excluding carboxylic acids is 8. The summed E-state index contributed by atoms with van der Waals surface area (Å²) in [6, 6.07) is 28.6. The molecule has 10 aliphatic rings. The van der Waals surface area contributed by atoms with E-state index in [1.165, 1.54) is 0 Å². The molecule has 4 aromatic carbocycles. The van der Waals surface area contributed by atoms with E-state index in [0.717, 1.165) is 58.2 Å². The van der Waals surface area contributed by atoms with E-state index in [1.54, 1.807) is 107 Å². The van der Waals surface area contributed by atoms with E-state index < -0.39 is 126 Å². The minimum Gasteiger partial charge on any atom is -0.489 e. The number of aliphatic hydroxyl groups is 3. The number of ketones is 6. The third-order valence-electron chi connectivity index (χ3n) is 27.2. The molecular weight excluding hydrogens is 1520 g/mol. The smallest absolute Gasteiger partial charge is 0.476 e. The number of hydrogen-bond acceptors (Lipinski definition) is 21. The van der Waals surface area contributed by atoms with Gasteiger partial charge in [0.25, 0.3) is 0 Å². The number of hydrogen-bond donors (Lipinski definition) is 5. The summed E-state index contributed by atoms with van der Waals surface area (Å²) in [4.78, 5) is 103. The lowest BCUT2D eigenvalue weighted by Gasteiger charge is -2.59. The predicted molar refractivity (Wildman–Crippen MR) is 439 cm³/mol. The lowest BCUT2D eigenvalue weighted by Crippen LogP contribution is -2.63. The molecule has 2 heterocycles. The van der Waals surface area contributed by atoms with Crippen LogP contribution in [0.4, 0.5) is 0 Å². The van der Waals surface area contributed by atoms with Crippen LogP contribution in [0.15, 0.2) is 145 Å². The average Bonchev–Trinajstić information content (AvgIpc) is 1.51. The molecule has 0 spiro atoms. The standard InChI is InChI=1S/C51H68NO12P.C43H51NO9/c1-30(2)45(57)52-31(3)40(54)24-33-13-12-14-37(23-33)59-28-32-15-17-34(18-16-32)46-61-43-26-39-38-20-19-35-25-36(53)21-22-49(35,10)44(38)41(55)27-50(39,11)51(43,62-46)42(56)29-60-65(58,63-47(4,5)6)64-48(7,8)9;1-24(2)39(50)44-25(3)34(47)18-27-7-6-8-31(17-27)51-23-26-9-11-28(12-10-26)40-52-37-20-33-32-14-13-29-19-30(46)15-16-41(29,4)38(32)35(48)21-42(33,5)43(37,53-40)36(49)22-45/h12-18,21-23,25,30-31,38-39,41,43-44,46,55H,19-20,24,26-29H2,1-11H3,(H,52,57);6-12,15-17,19,24-25,32-33,35,37-38,40,45,48H,13-14,18,20-23H2,1-5H3,(H,44,50)/t31-,38-,39-,41-,43+,44+,46+,49-,50-,51+;25-,32-,33-,35-,37+,38+,40+,41-,42-,43+/m00/s1. The van der Waals surface area contributed by atoms with Crippen molar-refractivity contribution in [1.29, 1.82) is 0 Å². The minimum absolute atomic E-state index is 0.00781. The van der Waals surface area contributed by atoms with E-state index in [4.69, 9.17) is 42.0 Å². The second kappa shape index (κ2) is 33.6. The zero-order chi connectivity index (χ0) is 85.4. The number of carbonyl (C=O) groups is 8. The first-order chi connectivity index (χ1) is 55.4. The van der Waals surface area contributed by atoms with Crippen molar-refractivity contribution in [3.8, 4) is 11.5 Å². The molecule has 118 heavy (non-hydrogen) atoms. The van der Waals surface area contributed by atoms with Gasteiger partial charge in [-0.15, -0.1) is 0 Å². The van der Waals surface area contributed by atoms with Gasteiger partial charge in [0, 0.05) is 69.3 Å². The van der Waals surface area contributed by atoms with Crippen molar-refractivity contribution >= 4 is 54.3 Å². The van der Waals surface area contributed by atoms with Crippen molar-refractivity contribution in [2.45, 2.75) is 260 Å². The van der Waals surface area contributed by atoms with Crippen LogP contribution in [-0.4, -0.2) is 134 Å². The van der Waals surface area contributed by atoms with Gasteiger partial charge in [0.15, 0.2) is 58.5 Å². The molecule has 8 fully saturated rings. The van der Waals surface area contributed by atoms with E-state index in [0.29, 0.717) is 42.7 Å². The molecule has 23 nitrogen and oxygen atoms in total. The maximum Gasteiger partial charge on any atom is 0.476 e. The van der Waals surface area contributed by atoms with Gasteiger partial charge in [0.1, 0.15) is 37.9 Å². The Hall–Kier alpha value is -7.77. The number of nitrogens with one attached hydrogen (secondary N) is 2. The second-order valence-electron chi connectivity index (χ2n) is 38.1. The molecule has 14 rings (SSSR count). The Morgan fingerprint density at radius 3 is 1.31 bits per heavy atom. The molecule has 2 saturated heterocycles. The fourth-order valence-electron chi connectivity index (χ4n) is 21.5. The Kier molecular flexibility index (Phi) is 25.0. The fourth-order valence-corrected chi connectivity index (χ4v) is 23.3. The number of amides is 2. The number of benzene rings is 4. The van der Waals surface area contributed by atoms with Crippen molar-refractivity contribution in [2.24, 2.45) is 69.0 Å². The molecule has 5 N–H and O–H groups in total. The first-order valence-corrected chi connectivity index (χ1v) is 43.4. The van der Waals surface area contributed by atoms with Crippen LogP contribution in [0.2, 0.25) is 0 Å². The molecule has 20 atom stereocenters. The van der Waals surface area contributed by atoms with Crippen molar-refractivity contribution in [3.05, 3.63) is 178 Å². The van der Waals surface area contributed by atoms with Crippen LogP contribution in [0.25, 0.3) is 0 Å². The van der Waals surface area contributed by atoms with Crippen molar-refractivity contribution in [1.82, 2.24) is 10.6 Å². The van der Waals surface area contributed by atoms with E-state index in [9.17, 15) is 53.4 Å². The molecule has 636 valence electrons. The lowest BCUT2D eigenvalue weighted by molar-refractivity contribution is -0.201. The average molecular weight is 1640 g/mol. The summed E-state index contributed by atoms with van der Waals surface area (Å²) in [5.41, 5.74) is -0.677. The number of Topliss-reactive ketones (excluding diaryl/α,β-unsaturated/α-hetero) is 4. The number of aliphatic hydroxyl groups excluding tert-OH is 3. The van der Waals surface area contributed by atoms with Crippen LogP contribution >= 0.6 is 7.82 Å². The molecule has 2 amide bonds. The molecule has 24 heteroatoms. The first-order valence-electron chi connectivity index (χ1n) is 42.0. The number of ether oxygens (including phenoxy) is 6. The van der Waals surface area contributed by atoms with Crippen LogP contribution in [0.5, 0.6) is 11.5 Å². The monoisotopic (exact) mass is 1640 g/mol. The highest BCUT2D eigenvalue weighted by Crippen LogP contribution is 2.73. The van der Waals surface area contributed by atoms with Gasteiger partial charge in [-0.25, -0.2) is 4.57 Å². The number of allylic oxidation sites excluding steroid dienone is 8. The molecule has 0 aromatic heterocycles. The van der Waals surface area contributed by atoms with Crippen LogP contribution in [0.1, 0.15) is 208 Å². The molecule has 2 aliphatic heterocycles. The molecule has 4 aromatic rings.